The normalized spacial score (nSPS) is 9.80. The van der Waals surface area contributed by atoms with Gasteiger partial charge in [0.15, 0.2) is 0 Å². The van der Waals surface area contributed by atoms with Crippen molar-refractivity contribution >= 4 is 5.91 Å². The van der Waals surface area contributed by atoms with Gasteiger partial charge in [0.2, 0.25) is 0 Å². The molecule has 0 aromatic heterocycles. The summed E-state index contributed by atoms with van der Waals surface area (Å²) < 4.78 is 18.1. The van der Waals surface area contributed by atoms with Gasteiger partial charge in [-0.05, 0) is 18.2 Å². The highest BCUT2D eigenvalue weighted by Crippen LogP contribution is 2.19. The number of nitrogens with one attached hydrogen (secondary N) is 1. The molecule has 1 amide bonds. The summed E-state index contributed by atoms with van der Waals surface area (Å²) in [5.74, 6) is -0.531. The first kappa shape index (κ1) is 11.5. The number of amides is 1. The van der Waals surface area contributed by atoms with Gasteiger partial charge in [-0.3, -0.25) is 4.79 Å². The average Bonchev–Trinajstić information content (AvgIpc) is 2.26. The fourth-order valence-electron chi connectivity index (χ4n) is 1.11. The van der Waals surface area contributed by atoms with Crippen LogP contribution in [0, 0.1) is 5.82 Å². The van der Waals surface area contributed by atoms with Crippen LogP contribution in [0.25, 0.3) is 0 Å². The smallest absolute Gasteiger partial charge is 0.254 e. The Bertz CT molecular complexity index is 355. The zero-order valence-corrected chi connectivity index (χ0v) is 8.42. The van der Waals surface area contributed by atoms with Gasteiger partial charge in [-0.1, -0.05) is 0 Å². The zero-order valence-electron chi connectivity index (χ0n) is 8.42. The van der Waals surface area contributed by atoms with E-state index in [1.165, 1.54) is 19.2 Å². The number of carbonyl (C=O) groups excluding carboxylic acids is 1. The monoisotopic (exact) mass is 212 g/mol. The van der Waals surface area contributed by atoms with Crippen LogP contribution in [0.3, 0.4) is 0 Å². The molecule has 82 valence electrons. The largest absolute Gasteiger partial charge is 0.491 e. The fourth-order valence-corrected chi connectivity index (χ4v) is 1.11. The number of benzene rings is 1. The third-order valence-electron chi connectivity index (χ3n) is 1.79. The zero-order chi connectivity index (χ0) is 11.3. The second-order valence-electron chi connectivity index (χ2n) is 2.86. The molecule has 3 N–H and O–H groups in total. The number of hydrogen-bond acceptors (Lipinski definition) is 3. The van der Waals surface area contributed by atoms with Crippen LogP contribution < -0.4 is 15.8 Å². The van der Waals surface area contributed by atoms with Gasteiger partial charge in [0, 0.05) is 13.6 Å². The number of hydrogen-bond donors (Lipinski definition) is 2. The third-order valence-corrected chi connectivity index (χ3v) is 1.79. The molecular weight excluding hydrogens is 199 g/mol. The Labute approximate surface area is 87.2 Å². The van der Waals surface area contributed by atoms with Crippen LogP contribution in [-0.2, 0) is 0 Å². The first-order valence-corrected chi connectivity index (χ1v) is 4.53. The van der Waals surface area contributed by atoms with Crippen LogP contribution in [0.5, 0.6) is 5.75 Å². The summed E-state index contributed by atoms with van der Waals surface area (Å²) in [5, 5.41) is 2.41. The van der Waals surface area contributed by atoms with Crippen LogP contribution in [0.4, 0.5) is 4.39 Å². The van der Waals surface area contributed by atoms with Crippen molar-refractivity contribution in [3.05, 3.63) is 29.6 Å². The number of ether oxygens (including phenoxy) is 1. The second kappa shape index (κ2) is 5.31. The van der Waals surface area contributed by atoms with E-state index in [2.05, 4.69) is 5.32 Å². The molecule has 0 unspecified atom stereocenters. The lowest BCUT2D eigenvalue weighted by molar-refractivity contribution is 0.0958. The highest BCUT2D eigenvalue weighted by molar-refractivity contribution is 5.96. The van der Waals surface area contributed by atoms with Crippen LogP contribution in [0.1, 0.15) is 10.4 Å². The predicted octanol–water partition coefficient (Wildman–Crippen LogP) is 0.523. The predicted molar refractivity (Wildman–Crippen MR) is 54.3 cm³/mol. The van der Waals surface area contributed by atoms with Gasteiger partial charge in [-0.15, -0.1) is 0 Å². The summed E-state index contributed by atoms with van der Waals surface area (Å²) in [4.78, 5) is 11.4. The van der Waals surface area contributed by atoms with E-state index in [9.17, 15) is 9.18 Å². The quantitative estimate of drug-likeness (QED) is 0.764. The first-order chi connectivity index (χ1) is 7.19. The number of halogens is 1. The molecule has 0 saturated heterocycles. The Morgan fingerprint density at radius 3 is 2.93 bits per heavy atom. The molecule has 0 heterocycles. The van der Waals surface area contributed by atoms with Crippen molar-refractivity contribution in [2.24, 2.45) is 5.73 Å². The van der Waals surface area contributed by atoms with E-state index in [-0.39, 0.29) is 18.1 Å². The molecule has 0 spiro atoms. The summed E-state index contributed by atoms with van der Waals surface area (Å²) in [6.45, 7) is 0.625. The maximum absolute atomic E-state index is 12.9. The van der Waals surface area contributed by atoms with Crippen molar-refractivity contribution in [2.75, 3.05) is 20.2 Å². The van der Waals surface area contributed by atoms with Crippen LogP contribution >= 0.6 is 0 Å². The molecule has 0 aliphatic carbocycles. The molecule has 5 heteroatoms. The van der Waals surface area contributed by atoms with Gasteiger partial charge in [0.1, 0.15) is 18.2 Å². The van der Waals surface area contributed by atoms with Crippen LogP contribution in [-0.4, -0.2) is 26.1 Å². The van der Waals surface area contributed by atoms with Crippen molar-refractivity contribution in [3.63, 3.8) is 0 Å². The minimum atomic E-state index is -0.478. The van der Waals surface area contributed by atoms with E-state index < -0.39 is 5.82 Å². The number of carbonyl (C=O) groups is 1. The Morgan fingerprint density at radius 1 is 1.60 bits per heavy atom. The molecule has 1 aromatic rings. The molecule has 1 aromatic carbocycles. The highest BCUT2D eigenvalue weighted by Gasteiger charge is 2.11. The van der Waals surface area contributed by atoms with Gasteiger partial charge >= 0.3 is 0 Å². The van der Waals surface area contributed by atoms with Gasteiger partial charge in [-0.2, -0.15) is 0 Å². The lowest BCUT2D eigenvalue weighted by Crippen LogP contribution is -2.20. The molecule has 0 aliphatic rings. The van der Waals surface area contributed by atoms with Gasteiger partial charge in [0.25, 0.3) is 5.91 Å². The number of rotatable bonds is 4. The maximum Gasteiger partial charge on any atom is 0.254 e. The molecule has 1 rings (SSSR count). The van der Waals surface area contributed by atoms with Crippen molar-refractivity contribution in [3.8, 4) is 5.75 Å². The first-order valence-electron chi connectivity index (χ1n) is 4.53. The Hall–Kier alpha value is -1.62. The summed E-state index contributed by atoms with van der Waals surface area (Å²) in [6, 6.07) is 3.78. The molecule has 4 nitrogen and oxygen atoms in total. The molecule has 0 atom stereocenters. The van der Waals surface area contributed by atoms with E-state index in [0.29, 0.717) is 12.3 Å². The molecular formula is C10H13FN2O2. The van der Waals surface area contributed by atoms with E-state index in [1.807, 2.05) is 0 Å². The van der Waals surface area contributed by atoms with Crippen LogP contribution in [0.15, 0.2) is 18.2 Å². The maximum atomic E-state index is 12.9. The number of nitrogens with two attached hydrogens (primary N) is 1. The summed E-state index contributed by atoms with van der Waals surface area (Å²) in [7, 11) is 1.47. The van der Waals surface area contributed by atoms with Gasteiger partial charge < -0.3 is 15.8 Å². The second-order valence-corrected chi connectivity index (χ2v) is 2.86. The topological polar surface area (TPSA) is 64.3 Å². The minimum Gasteiger partial charge on any atom is -0.491 e. The van der Waals surface area contributed by atoms with Crippen molar-refractivity contribution in [2.45, 2.75) is 0 Å². The molecule has 0 fully saturated rings. The Morgan fingerprint density at radius 2 is 2.33 bits per heavy atom. The lowest BCUT2D eigenvalue weighted by atomic mass is 10.2. The van der Waals surface area contributed by atoms with Crippen molar-refractivity contribution in [1.29, 1.82) is 0 Å². The van der Waals surface area contributed by atoms with Crippen molar-refractivity contribution in [1.82, 2.24) is 5.32 Å². The lowest BCUT2D eigenvalue weighted by Gasteiger charge is -2.09. The van der Waals surface area contributed by atoms with Gasteiger partial charge in [-0.25, -0.2) is 4.39 Å². The van der Waals surface area contributed by atoms with Crippen LogP contribution in [0.2, 0.25) is 0 Å². The third kappa shape index (κ3) is 2.92. The Kier molecular flexibility index (Phi) is 4.05. The summed E-state index contributed by atoms with van der Waals surface area (Å²) in [5.41, 5.74) is 5.44. The molecule has 15 heavy (non-hydrogen) atoms. The van der Waals surface area contributed by atoms with E-state index in [1.54, 1.807) is 0 Å². The SMILES string of the molecule is CNC(=O)c1cc(F)ccc1OCCN. The fraction of sp³-hybridized carbons (Fsp3) is 0.300. The average molecular weight is 212 g/mol. The molecule has 0 saturated carbocycles. The Balaban J connectivity index is 2.97. The van der Waals surface area contributed by atoms with E-state index >= 15 is 0 Å². The minimum absolute atomic E-state index is 0.172. The summed E-state index contributed by atoms with van der Waals surface area (Å²) >= 11 is 0. The molecule has 0 aliphatic heterocycles. The molecule has 0 radical (unpaired) electrons. The highest BCUT2D eigenvalue weighted by atomic mass is 19.1. The van der Waals surface area contributed by atoms with Gasteiger partial charge in [0.05, 0.1) is 5.56 Å². The van der Waals surface area contributed by atoms with Crippen molar-refractivity contribution < 1.29 is 13.9 Å². The summed E-state index contributed by atoms with van der Waals surface area (Å²) in [6.07, 6.45) is 0. The van der Waals surface area contributed by atoms with E-state index in [4.69, 9.17) is 10.5 Å². The van der Waals surface area contributed by atoms with E-state index in [0.717, 1.165) is 6.07 Å². The molecule has 0 bridgehead atoms. The standard InChI is InChI=1S/C10H13FN2O2/c1-13-10(14)8-6-7(11)2-3-9(8)15-5-4-12/h2-3,6H,4-5,12H2,1H3,(H,13,14).